The third-order valence-corrected chi connectivity index (χ3v) is 3.75. The van der Waals surface area contributed by atoms with E-state index in [4.69, 9.17) is 5.26 Å². The number of hydroxylamine groups is 1. The van der Waals surface area contributed by atoms with E-state index < -0.39 is 17.2 Å². The molecule has 0 heterocycles. The summed E-state index contributed by atoms with van der Waals surface area (Å²) >= 11 is 0. The quantitative estimate of drug-likeness (QED) is 0.338. The van der Waals surface area contributed by atoms with Gasteiger partial charge in [0, 0.05) is 30.7 Å². The minimum atomic E-state index is -1.02. The van der Waals surface area contributed by atoms with E-state index in [0.29, 0.717) is 19.3 Å². The Labute approximate surface area is 114 Å². The number of nitrogens with one attached hydrogen (secondary N) is 1. The zero-order valence-electron chi connectivity index (χ0n) is 12.3. The van der Waals surface area contributed by atoms with Crippen molar-refractivity contribution in [3.05, 3.63) is 10.1 Å². The molecule has 0 aliphatic heterocycles. The van der Waals surface area contributed by atoms with E-state index in [2.05, 4.69) is 10.5 Å². The molecule has 0 fully saturated rings. The molecule has 0 amide bonds. The highest BCUT2D eigenvalue weighted by molar-refractivity contribution is 4.82. The molecule has 0 aliphatic rings. The van der Waals surface area contributed by atoms with Crippen LogP contribution in [0.15, 0.2) is 0 Å². The molecule has 7 nitrogen and oxygen atoms in total. The zero-order valence-corrected chi connectivity index (χ0v) is 12.3. The predicted octanol–water partition coefficient (Wildman–Crippen LogP) is 1.98. The van der Waals surface area contributed by atoms with E-state index in [9.17, 15) is 15.2 Å². The smallest absolute Gasteiger partial charge is 0.216 e. The van der Waals surface area contributed by atoms with Gasteiger partial charge in [-0.3, -0.25) is 10.1 Å². The fourth-order valence-electron chi connectivity index (χ4n) is 1.65. The Hall–Kier alpha value is -0.760. The third-order valence-electron chi connectivity index (χ3n) is 3.75. The van der Waals surface area contributed by atoms with Gasteiger partial charge in [0.05, 0.1) is 6.10 Å². The second-order valence-electron chi connectivity index (χ2n) is 6.31. The summed E-state index contributed by atoms with van der Waals surface area (Å²) in [6.07, 6.45) is 0.540. The summed E-state index contributed by atoms with van der Waals surface area (Å²) < 4.78 is 0. The molecule has 0 saturated carbocycles. The molecule has 0 aliphatic carbocycles. The fourth-order valence-corrected chi connectivity index (χ4v) is 1.65. The molecule has 0 aromatic heterocycles. The maximum atomic E-state index is 10.8. The Kier molecular flexibility index (Phi) is 6.85. The van der Waals surface area contributed by atoms with E-state index in [0.717, 1.165) is 0 Å². The topological polar surface area (TPSA) is 105 Å². The molecule has 19 heavy (non-hydrogen) atoms. The van der Waals surface area contributed by atoms with Crippen LogP contribution in [0.3, 0.4) is 0 Å². The molecule has 0 saturated heterocycles. The van der Waals surface area contributed by atoms with Crippen LogP contribution in [0.5, 0.6) is 0 Å². The number of aliphatic hydroxyl groups is 1. The number of nitrogens with zero attached hydrogens (tertiary/aromatic N) is 1. The largest absolute Gasteiger partial charge is 0.393 e. The van der Waals surface area contributed by atoms with E-state index in [1.165, 1.54) is 0 Å². The molecule has 0 aromatic carbocycles. The van der Waals surface area contributed by atoms with Crippen molar-refractivity contribution in [3.8, 4) is 0 Å². The van der Waals surface area contributed by atoms with Gasteiger partial charge >= 0.3 is 0 Å². The van der Waals surface area contributed by atoms with Gasteiger partial charge in [0.1, 0.15) is 0 Å². The maximum absolute atomic E-state index is 10.8. The number of hydrogen-bond acceptors (Lipinski definition) is 6. The maximum Gasteiger partial charge on any atom is 0.216 e. The SMILES string of the molecule is CC(CC(O)CCC(C)(C)[N+](=O)[O-])C(C)(C)NOO. The predicted molar refractivity (Wildman–Crippen MR) is 71.0 cm³/mol. The molecular formula is C12H26N2O5. The van der Waals surface area contributed by atoms with Crippen LogP contribution in [-0.2, 0) is 4.99 Å². The van der Waals surface area contributed by atoms with Gasteiger partial charge in [-0.1, -0.05) is 6.92 Å². The highest BCUT2D eigenvalue weighted by Gasteiger charge is 2.33. The number of hydrogen-bond donors (Lipinski definition) is 3. The van der Waals surface area contributed by atoms with Crippen LogP contribution in [0.4, 0.5) is 0 Å². The molecule has 0 spiro atoms. The van der Waals surface area contributed by atoms with Crippen LogP contribution < -0.4 is 5.48 Å². The second kappa shape index (κ2) is 7.14. The first-order valence-corrected chi connectivity index (χ1v) is 6.43. The summed E-state index contributed by atoms with van der Waals surface area (Å²) in [6.45, 7) is 8.68. The van der Waals surface area contributed by atoms with Crippen LogP contribution in [0.2, 0.25) is 0 Å². The first-order chi connectivity index (χ1) is 8.53. The van der Waals surface area contributed by atoms with Crippen molar-refractivity contribution in [3.63, 3.8) is 0 Å². The second-order valence-corrected chi connectivity index (χ2v) is 6.31. The van der Waals surface area contributed by atoms with Crippen LogP contribution in [0.1, 0.15) is 53.9 Å². The van der Waals surface area contributed by atoms with Crippen molar-refractivity contribution in [2.24, 2.45) is 5.92 Å². The first kappa shape index (κ1) is 18.2. The van der Waals surface area contributed by atoms with E-state index in [-0.39, 0.29) is 10.8 Å². The van der Waals surface area contributed by atoms with E-state index in [1.54, 1.807) is 13.8 Å². The molecular weight excluding hydrogens is 252 g/mol. The summed E-state index contributed by atoms with van der Waals surface area (Å²) in [5, 5.41) is 29.1. The van der Waals surface area contributed by atoms with Crippen molar-refractivity contribution in [2.45, 2.75) is 71.1 Å². The fraction of sp³-hybridized carbons (Fsp3) is 1.00. The monoisotopic (exact) mass is 278 g/mol. The summed E-state index contributed by atoms with van der Waals surface area (Å²) in [5.41, 5.74) is 0.927. The van der Waals surface area contributed by atoms with Gasteiger partial charge in [-0.25, -0.2) is 5.26 Å². The van der Waals surface area contributed by atoms with Crippen LogP contribution >= 0.6 is 0 Å². The summed E-state index contributed by atoms with van der Waals surface area (Å²) in [7, 11) is 0. The van der Waals surface area contributed by atoms with Gasteiger partial charge in [0.2, 0.25) is 5.54 Å². The van der Waals surface area contributed by atoms with Gasteiger partial charge in [0.25, 0.3) is 0 Å². The van der Waals surface area contributed by atoms with Gasteiger partial charge in [-0.05, 0) is 32.6 Å². The summed E-state index contributed by atoms with van der Waals surface area (Å²) in [4.78, 5) is 14.4. The Balaban J connectivity index is 4.25. The number of rotatable bonds is 9. The van der Waals surface area contributed by atoms with Crippen LogP contribution in [0.25, 0.3) is 0 Å². The minimum absolute atomic E-state index is 0.0216. The average molecular weight is 278 g/mol. The Morgan fingerprint density at radius 3 is 2.32 bits per heavy atom. The van der Waals surface area contributed by atoms with E-state index in [1.807, 2.05) is 20.8 Å². The average Bonchev–Trinajstić information content (AvgIpc) is 2.26. The molecule has 0 aromatic rings. The van der Waals surface area contributed by atoms with Crippen molar-refractivity contribution in [1.82, 2.24) is 5.48 Å². The summed E-state index contributed by atoms with van der Waals surface area (Å²) in [6, 6.07) is 0. The van der Waals surface area contributed by atoms with Gasteiger partial charge in [-0.15, -0.1) is 4.99 Å². The van der Waals surface area contributed by atoms with E-state index >= 15 is 0 Å². The zero-order chi connectivity index (χ0) is 15.3. The first-order valence-electron chi connectivity index (χ1n) is 6.43. The van der Waals surface area contributed by atoms with Gasteiger partial charge < -0.3 is 5.11 Å². The molecule has 0 rings (SSSR count). The van der Waals surface area contributed by atoms with Gasteiger partial charge in [0.15, 0.2) is 0 Å². The molecule has 114 valence electrons. The van der Waals surface area contributed by atoms with Crippen LogP contribution in [0, 0.1) is 16.0 Å². The van der Waals surface area contributed by atoms with Crippen molar-refractivity contribution >= 4 is 0 Å². The van der Waals surface area contributed by atoms with Crippen LogP contribution in [-0.4, -0.2) is 32.5 Å². The van der Waals surface area contributed by atoms with Crippen molar-refractivity contribution in [2.75, 3.05) is 0 Å². The Bertz CT molecular complexity index is 294. The molecule has 7 heteroatoms. The molecule has 0 radical (unpaired) electrons. The van der Waals surface area contributed by atoms with Gasteiger partial charge in [-0.2, -0.15) is 5.48 Å². The number of nitro groups is 1. The number of aliphatic hydroxyl groups excluding tert-OH is 1. The molecule has 2 unspecified atom stereocenters. The lowest BCUT2D eigenvalue weighted by Crippen LogP contribution is -2.45. The molecule has 2 atom stereocenters. The normalized spacial score (nSPS) is 16.2. The molecule has 3 N–H and O–H groups in total. The lowest BCUT2D eigenvalue weighted by molar-refractivity contribution is -0.561. The third kappa shape index (κ3) is 6.29. The highest BCUT2D eigenvalue weighted by atomic mass is 17.2. The Morgan fingerprint density at radius 1 is 1.37 bits per heavy atom. The van der Waals surface area contributed by atoms with Crippen molar-refractivity contribution in [1.29, 1.82) is 0 Å². The van der Waals surface area contributed by atoms with Crippen molar-refractivity contribution < 1.29 is 20.3 Å². The highest BCUT2D eigenvalue weighted by Crippen LogP contribution is 2.24. The minimum Gasteiger partial charge on any atom is -0.393 e. The lowest BCUT2D eigenvalue weighted by Gasteiger charge is -2.32. The lowest BCUT2D eigenvalue weighted by atomic mass is 9.84. The Morgan fingerprint density at radius 2 is 1.89 bits per heavy atom. The molecule has 0 bridgehead atoms. The summed E-state index contributed by atoms with van der Waals surface area (Å²) in [5.74, 6) is 0.0216. The standard InChI is InChI=1S/C12H26N2O5/c1-9(12(4,5)13-19-18)8-10(15)6-7-11(2,3)14(16)17/h9-10,13,15,18H,6-8H2,1-5H3.